The van der Waals surface area contributed by atoms with Gasteiger partial charge in [0.25, 0.3) is 5.56 Å². The third kappa shape index (κ3) is 3.97. The molecular formula is C21H18ClN5OS. The molecule has 0 saturated carbocycles. The Bertz CT molecular complexity index is 1250. The Kier molecular flexibility index (Phi) is 5.51. The van der Waals surface area contributed by atoms with E-state index in [9.17, 15) is 4.79 Å². The number of hydrogen-bond donors (Lipinski definition) is 1. The van der Waals surface area contributed by atoms with Gasteiger partial charge in [-0.05, 0) is 42.8 Å². The molecular weight excluding hydrogens is 406 g/mol. The molecule has 2 aromatic heterocycles. The van der Waals surface area contributed by atoms with Crippen LogP contribution in [-0.4, -0.2) is 24.7 Å². The molecule has 0 fully saturated rings. The first-order chi connectivity index (χ1) is 14.1. The van der Waals surface area contributed by atoms with Gasteiger partial charge in [-0.2, -0.15) is 0 Å². The molecule has 0 aliphatic heterocycles. The Morgan fingerprint density at radius 3 is 2.76 bits per heavy atom. The maximum absolute atomic E-state index is 12.4. The SMILES string of the molecule is C=CCn1c(SCc2nc3c(C)cccc3c(=O)[nH]2)nnc1-c1ccc(Cl)cc1. The van der Waals surface area contributed by atoms with E-state index in [0.29, 0.717) is 28.5 Å². The topological polar surface area (TPSA) is 76.5 Å². The van der Waals surface area contributed by atoms with E-state index in [1.165, 1.54) is 11.8 Å². The van der Waals surface area contributed by atoms with Crippen LogP contribution in [0.2, 0.25) is 5.02 Å². The molecule has 146 valence electrons. The van der Waals surface area contributed by atoms with E-state index >= 15 is 0 Å². The molecule has 0 unspecified atom stereocenters. The minimum atomic E-state index is -0.135. The summed E-state index contributed by atoms with van der Waals surface area (Å²) in [6.45, 7) is 6.35. The smallest absolute Gasteiger partial charge is 0.258 e. The molecule has 0 aliphatic carbocycles. The number of H-pyrrole nitrogens is 1. The average molecular weight is 424 g/mol. The van der Waals surface area contributed by atoms with E-state index in [1.807, 2.05) is 47.9 Å². The quantitative estimate of drug-likeness (QED) is 0.361. The van der Waals surface area contributed by atoms with Gasteiger partial charge in [-0.15, -0.1) is 16.8 Å². The highest BCUT2D eigenvalue weighted by Gasteiger charge is 2.15. The minimum absolute atomic E-state index is 0.135. The number of aryl methyl sites for hydroxylation is 1. The number of benzene rings is 2. The van der Waals surface area contributed by atoms with Crippen molar-refractivity contribution < 1.29 is 0 Å². The molecule has 0 aliphatic rings. The predicted octanol–water partition coefficient (Wildman–Crippen LogP) is 4.62. The Hall–Kier alpha value is -2.90. The van der Waals surface area contributed by atoms with Crippen LogP contribution in [0.3, 0.4) is 0 Å². The Labute approximate surface area is 176 Å². The van der Waals surface area contributed by atoms with Gasteiger partial charge in [-0.25, -0.2) is 4.98 Å². The summed E-state index contributed by atoms with van der Waals surface area (Å²) in [5, 5.41) is 10.7. The number of nitrogens with one attached hydrogen (secondary N) is 1. The molecule has 0 amide bonds. The van der Waals surface area contributed by atoms with Gasteiger partial charge < -0.3 is 4.98 Å². The van der Waals surface area contributed by atoms with Gasteiger partial charge in [0, 0.05) is 17.1 Å². The summed E-state index contributed by atoms with van der Waals surface area (Å²) in [4.78, 5) is 19.9. The normalized spacial score (nSPS) is 11.1. The largest absolute Gasteiger partial charge is 0.309 e. The van der Waals surface area contributed by atoms with Crippen LogP contribution >= 0.6 is 23.4 Å². The number of halogens is 1. The van der Waals surface area contributed by atoms with Crippen molar-refractivity contribution in [3.05, 3.63) is 81.9 Å². The summed E-state index contributed by atoms with van der Waals surface area (Å²) in [7, 11) is 0. The summed E-state index contributed by atoms with van der Waals surface area (Å²) < 4.78 is 1.98. The van der Waals surface area contributed by atoms with Crippen molar-refractivity contribution in [3.63, 3.8) is 0 Å². The third-order valence-corrected chi connectivity index (χ3v) is 5.69. The third-order valence-electron chi connectivity index (χ3n) is 4.46. The van der Waals surface area contributed by atoms with Crippen LogP contribution in [0.5, 0.6) is 0 Å². The Morgan fingerprint density at radius 2 is 2.00 bits per heavy atom. The van der Waals surface area contributed by atoms with Crippen LogP contribution in [0, 0.1) is 6.92 Å². The molecule has 0 saturated heterocycles. The number of allylic oxidation sites excluding steroid dienone is 1. The first kappa shape index (κ1) is 19.4. The molecule has 0 bridgehead atoms. The van der Waals surface area contributed by atoms with E-state index in [1.54, 1.807) is 12.1 Å². The molecule has 2 aromatic carbocycles. The molecule has 1 N–H and O–H groups in total. The van der Waals surface area contributed by atoms with E-state index in [2.05, 4.69) is 26.7 Å². The molecule has 29 heavy (non-hydrogen) atoms. The zero-order valence-electron chi connectivity index (χ0n) is 15.7. The Morgan fingerprint density at radius 1 is 1.21 bits per heavy atom. The monoisotopic (exact) mass is 423 g/mol. The van der Waals surface area contributed by atoms with Crippen LogP contribution < -0.4 is 5.56 Å². The number of para-hydroxylation sites is 1. The van der Waals surface area contributed by atoms with Gasteiger partial charge in [0.1, 0.15) is 5.82 Å². The number of rotatable bonds is 6. The highest BCUT2D eigenvalue weighted by atomic mass is 35.5. The van der Waals surface area contributed by atoms with Gasteiger partial charge in [0.05, 0.1) is 16.7 Å². The van der Waals surface area contributed by atoms with E-state index < -0.39 is 0 Å². The van der Waals surface area contributed by atoms with Gasteiger partial charge in [-0.1, -0.05) is 41.6 Å². The van der Waals surface area contributed by atoms with Crippen molar-refractivity contribution in [1.82, 2.24) is 24.7 Å². The van der Waals surface area contributed by atoms with Crippen LogP contribution in [0.25, 0.3) is 22.3 Å². The number of hydrogen-bond acceptors (Lipinski definition) is 5. The van der Waals surface area contributed by atoms with Crippen LogP contribution in [0.4, 0.5) is 0 Å². The van der Waals surface area contributed by atoms with Gasteiger partial charge in [0.15, 0.2) is 11.0 Å². The second-order valence-corrected chi connectivity index (χ2v) is 7.86. The number of thioether (sulfide) groups is 1. The van der Waals surface area contributed by atoms with E-state index in [4.69, 9.17) is 11.6 Å². The van der Waals surface area contributed by atoms with Crippen molar-refractivity contribution >= 4 is 34.3 Å². The zero-order chi connectivity index (χ0) is 20.4. The second kappa shape index (κ2) is 8.23. The molecule has 4 aromatic rings. The fourth-order valence-corrected chi connectivity index (χ4v) is 4.00. The molecule has 8 heteroatoms. The first-order valence-electron chi connectivity index (χ1n) is 8.98. The maximum atomic E-state index is 12.4. The highest BCUT2D eigenvalue weighted by molar-refractivity contribution is 7.98. The minimum Gasteiger partial charge on any atom is -0.309 e. The second-order valence-electron chi connectivity index (χ2n) is 6.48. The van der Waals surface area contributed by atoms with E-state index in [-0.39, 0.29) is 5.56 Å². The number of aromatic amines is 1. The maximum Gasteiger partial charge on any atom is 0.258 e. The van der Waals surface area contributed by atoms with Crippen molar-refractivity contribution in [2.24, 2.45) is 0 Å². The zero-order valence-corrected chi connectivity index (χ0v) is 17.3. The fourth-order valence-electron chi connectivity index (χ4n) is 3.05. The van der Waals surface area contributed by atoms with Crippen LogP contribution in [0.1, 0.15) is 11.4 Å². The molecule has 2 heterocycles. The average Bonchev–Trinajstić information content (AvgIpc) is 3.11. The van der Waals surface area contributed by atoms with Crippen molar-refractivity contribution in [1.29, 1.82) is 0 Å². The van der Waals surface area contributed by atoms with E-state index in [0.717, 1.165) is 27.6 Å². The summed E-state index contributed by atoms with van der Waals surface area (Å²) >= 11 is 7.45. The lowest BCUT2D eigenvalue weighted by Crippen LogP contribution is -2.12. The van der Waals surface area contributed by atoms with Gasteiger partial charge >= 0.3 is 0 Å². The Balaban J connectivity index is 1.64. The molecule has 0 atom stereocenters. The molecule has 0 radical (unpaired) electrons. The van der Waals surface area contributed by atoms with Crippen molar-refractivity contribution in [2.75, 3.05) is 0 Å². The predicted molar refractivity (Wildman–Crippen MR) is 117 cm³/mol. The number of aromatic nitrogens is 5. The summed E-state index contributed by atoms with van der Waals surface area (Å²) in [5.41, 5.74) is 2.48. The molecule has 6 nitrogen and oxygen atoms in total. The summed E-state index contributed by atoms with van der Waals surface area (Å²) in [6, 6.07) is 13.1. The lowest BCUT2D eigenvalue weighted by molar-refractivity contribution is 0.730. The highest BCUT2D eigenvalue weighted by Crippen LogP contribution is 2.27. The van der Waals surface area contributed by atoms with Crippen molar-refractivity contribution in [2.45, 2.75) is 24.4 Å². The lowest BCUT2D eigenvalue weighted by Gasteiger charge is -2.08. The van der Waals surface area contributed by atoms with Crippen LogP contribution in [0.15, 0.2) is 65.1 Å². The fraction of sp³-hybridized carbons (Fsp3) is 0.143. The molecule has 0 spiro atoms. The number of fused-ring (bicyclic) bond motifs is 1. The number of nitrogens with zero attached hydrogens (tertiary/aromatic N) is 4. The summed E-state index contributed by atoms with van der Waals surface area (Å²) in [5.74, 6) is 1.80. The standard InChI is InChI=1S/C21H18ClN5OS/c1-3-11-27-19(14-7-9-15(22)10-8-14)25-26-21(27)29-12-17-23-18-13(2)5-4-6-16(18)20(28)24-17/h3-10H,1,11-12H2,2H3,(H,23,24,28). The molecule has 4 rings (SSSR count). The first-order valence-corrected chi connectivity index (χ1v) is 10.3. The van der Waals surface area contributed by atoms with Gasteiger partial charge in [0.2, 0.25) is 0 Å². The van der Waals surface area contributed by atoms with Gasteiger partial charge in [-0.3, -0.25) is 9.36 Å². The lowest BCUT2D eigenvalue weighted by atomic mass is 10.1. The van der Waals surface area contributed by atoms with Crippen molar-refractivity contribution in [3.8, 4) is 11.4 Å². The van der Waals surface area contributed by atoms with Crippen LogP contribution in [-0.2, 0) is 12.3 Å². The summed E-state index contributed by atoms with van der Waals surface area (Å²) in [6.07, 6.45) is 1.80.